The van der Waals surface area contributed by atoms with E-state index in [1.165, 1.54) is 34.2 Å². The van der Waals surface area contributed by atoms with E-state index in [9.17, 15) is 4.79 Å². The maximum atomic E-state index is 13.0. The Kier molecular flexibility index (Phi) is 6.28. The Labute approximate surface area is 223 Å². The molecule has 6 rings (SSSR count). The molecule has 4 aromatic heterocycles. The Morgan fingerprint density at radius 1 is 1.11 bits per heavy atom. The van der Waals surface area contributed by atoms with Crippen LogP contribution in [-0.2, 0) is 30.6 Å². The number of aromatic amines is 1. The molecule has 1 aromatic carbocycles. The molecule has 37 heavy (non-hydrogen) atoms. The highest BCUT2D eigenvalue weighted by Gasteiger charge is 2.21. The number of thiophene rings is 1. The van der Waals surface area contributed by atoms with E-state index in [0.29, 0.717) is 18.1 Å². The van der Waals surface area contributed by atoms with Gasteiger partial charge in [0.1, 0.15) is 16.4 Å². The van der Waals surface area contributed by atoms with E-state index in [1.807, 2.05) is 12.1 Å². The third-order valence-corrected chi connectivity index (χ3v) is 9.00. The molecule has 0 saturated carbocycles. The highest BCUT2D eigenvalue weighted by Crippen LogP contribution is 2.34. The number of benzene rings is 1. The number of fused-ring (bicyclic) bond motifs is 3. The lowest BCUT2D eigenvalue weighted by atomic mass is 9.87. The minimum Gasteiger partial charge on any atom is -0.467 e. The molecule has 0 fully saturated rings. The first kappa shape index (κ1) is 24.2. The van der Waals surface area contributed by atoms with Gasteiger partial charge in [-0.1, -0.05) is 56.8 Å². The van der Waals surface area contributed by atoms with Crippen molar-refractivity contribution in [1.82, 2.24) is 24.7 Å². The third-order valence-electron chi connectivity index (χ3n) is 6.83. The van der Waals surface area contributed by atoms with Crippen LogP contribution in [0.2, 0.25) is 0 Å². The summed E-state index contributed by atoms with van der Waals surface area (Å²) in [6.07, 6.45) is 6.03. The summed E-state index contributed by atoms with van der Waals surface area (Å²) in [5.41, 5.74) is 3.52. The Balaban J connectivity index is 1.31. The van der Waals surface area contributed by atoms with Crippen molar-refractivity contribution in [2.45, 2.75) is 69.3 Å². The largest absolute Gasteiger partial charge is 0.467 e. The SMILES string of the molecule is CC(C)(C)c1ccc(-c2nnc(SCc3nc4sc5c(c4c(=O)[nH]3)CCCC5)n2Cc2ccco2)cc1. The van der Waals surface area contributed by atoms with Gasteiger partial charge in [-0.3, -0.25) is 9.36 Å². The summed E-state index contributed by atoms with van der Waals surface area (Å²) in [6.45, 7) is 7.13. The number of furan rings is 1. The van der Waals surface area contributed by atoms with Gasteiger partial charge in [0.05, 0.1) is 23.9 Å². The van der Waals surface area contributed by atoms with Crippen molar-refractivity contribution in [1.29, 1.82) is 0 Å². The molecule has 9 heteroatoms. The molecular formula is C28H29N5O2S2. The van der Waals surface area contributed by atoms with Crippen LogP contribution >= 0.6 is 23.1 Å². The first-order valence-corrected chi connectivity index (χ1v) is 14.4. The average Bonchev–Trinajstić information content (AvgIpc) is 3.61. The molecule has 0 radical (unpaired) electrons. The van der Waals surface area contributed by atoms with Crippen molar-refractivity contribution in [3.8, 4) is 11.4 Å². The molecular weight excluding hydrogens is 502 g/mol. The lowest BCUT2D eigenvalue weighted by Crippen LogP contribution is -2.12. The van der Waals surface area contributed by atoms with E-state index in [1.54, 1.807) is 17.6 Å². The number of nitrogens with zero attached hydrogens (tertiary/aromatic N) is 4. The smallest absolute Gasteiger partial charge is 0.259 e. The topological polar surface area (TPSA) is 89.6 Å². The molecule has 1 N–H and O–H groups in total. The van der Waals surface area contributed by atoms with E-state index in [2.05, 4.69) is 64.8 Å². The molecule has 0 bridgehead atoms. The first-order chi connectivity index (χ1) is 17.9. The molecule has 7 nitrogen and oxygen atoms in total. The Hall–Kier alpha value is -3.17. The van der Waals surface area contributed by atoms with Crippen LogP contribution in [0.5, 0.6) is 0 Å². The van der Waals surface area contributed by atoms with E-state index in [0.717, 1.165) is 51.8 Å². The maximum Gasteiger partial charge on any atom is 0.259 e. The molecule has 190 valence electrons. The number of hydrogen-bond donors (Lipinski definition) is 1. The van der Waals surface area contributed by atoms with Crippen molar-refractivity contribution >= 4 is 33.3 Å². The number of aryl methyl sites for hydroxylation is 2. The fourth-order valence-corrected chi connectivity index (χ4v) is 6.93. The van der Waals surface area contributed by atoms with Crippen LogP contribution in [0.4, 0.5) is 0 Å². The zero-order chi connectivity index (χ0) is 25.6. The van der Waals surface area contributed by atoms with Crippen LogP contribution in [0.1, 0.15) is 61.2 Å². The Bertz CT molecular complexity index is 1610. The number of hydrogen-bond acceptors (Lipinski definition) is 7. The van der Waals surface area contributed by atoms with Gasteiger partial charge in [0.15, 0.2) is 11.0 Å². The Morgan fingerprint density at radius 3 is 2.68 bits per heavy atom. The normalized spacial score (nSPS) is 13.8. The summed E-state index contributed by atoms with van der Waals surface area (Å²) in [4.78, 5) is 23.0. The minimum absolute atomic E-state index is 0.0309. The van der Waals surface area contributed by atoms with Crippen LogP contribution in [0.3, 0.4) is 0 Å². The highest BCUT2D eigenvalue weighted by atomic mass is 32.2. The number of thioether (sulfide) groups is 1. The zero-order valence-corrected chi connectivity index (χ0v) is 22.8. The monoisotopic (exact) mass is 531 g/mol. The second-order valence-corrected chi connectivity index (χ2v) is 12.5. The standard InChI is InChI=1S/C28H29N5O2S2/c1-28(2,3)18-12-10-17(11-13-18)24-31-32-27(33(24)15-19-7-6-14-35-19)36-16-22-29-25(34)23-20-8-4-5-9-21(20)37-26(23)30-22/h6-7,10-14H,4-5,8-9,15-16H2,1-3H3,(H,29,30,34). The molecule has 0 unspecified atom stereocenters. The number of H-pyrrole nitrogens is 1. The van der Waals surface area contributed by atoms with Gasteiger partial charge in [0.25, 0.3) is 5.56 Å². The van der Waals surface area contributed by atoms with Crippen LogP contribution < -0.4 is 5.56 Å². The van der Waals surface area contributed by atoms with E-state index in [-0.39, 0.29) is 11.0 Å². The van der Waals surface area contributed by atoms with Gasteiger partial charge in [0, 0.05) is 10.4 Å². The highest BCUT2D eigenvalue weighted by molar-refractivity contribution is 7.98. The summed E-state index contributed by atoms with van der Waals surface area (Å²) in [6, 6.07) is 12.3. The van der Waals surface area contributed by atoms with E-state index >= 15 is 0 Å². The third kappa shape index (κ3) is 4.78. The molecule has 1 aliphatic rings. The Morgan fingerprint density at radius 2 is 1.92 bits per heavy atom. The predicted molar refractivity (Wildman–Crippen MR) is 148 cm³/mol. The summed E-state index contributed by atoms with van der Waals surface area (Å²) >= 11 is 3.19. The average molecular weight is 532 g/mol. The van der Waals surface area contributed by atoms with Crippen LogP contribution in [0, 0.1) is 0 Å². The van der Waals surface area contributed by atoms with Gasteiger partial charge in [-0.05, 0) is 54.4 Å². The minimum atomic E-state index is -0.0309. The predicted octanol–water partition coefficient (Wildman–Crippen LogP) is 6.35. The van der Waals surface area contributed by atoms with Crippen LogP contribution in [0.15, 0.2) is 57.0 Å². The van der Waals surface area contributed by atoms with Gasteiger partial charge in [0.2, 0.25) is 0 Å². The molecule has 0 atom stereocenters. The van der Waals surface area contributed by atoms with Gasteiger partial charge in [-0.25, -0.2) is 4.98 Å². The van der Waals surface area contributed by atoms with E-state index in [4.69, 9.17) is 9.40 Å². The molecule has 1 aliphatic carbocycles. The van der Waals surface area contributed by atoms with Crippen molar-refractivity contribution in [3.63, 3.8) is 0 Å². The summed E-state index contributed by atoms with van der Waals surface area (Å²) < 4.78 is 7.70. The summed E-state index contributed by atoms with van der Waals surface area (Å²) in [5, 5.41) is 10.6. The van der Waals surface area contributed by atoms with Crippen LogP contribution in [0.25, 0.3) is 21.6 Å². The number of rotatable bonds is 6. The fourth-order valence-electron chi connectivity index (χ4n) is 4.84. The maximum absolute atomic E-state index is 13.0. The summed E-state index contributed by atoms with van der Waals surface area (Å²) in [5.74, 6) is 2.76. The van der Waals surface area contributed by atoms with Crippen molar-refractivity contribution < 1.29 is 4.42 Å². The fraction of sp³-hybridized carbons (Fsp3) is 0.357. The number of nitrogens with one attached hydrogen (secondary N) is 1. The zero-order valence-electron chi connectivity index (χ0n) is 21.2. The van der Waals surface area contributed by atoms with Crippen LogP contribution in [-0.4, -0.2) is 24.7 Å². The van der Waals surface area contributed by atoms with Crippen molar-refractivity contribution in [3.05, 3.63) is 80.6 Å². The van der Waals surface area contributed by atoms with Crippen molar-refractivity contribution in [2.24, 2.45) is 0 Å². The molecule has 0 amide bonds. The summed E-state index contributed by atoms with van der Waals surface area (Å²) in [7, 11) is 0. The van der Waals surface area contributed by atoms with Gasteiger partial charge >= 0.3 is 0 Å². The van der Waals surface area contributed by atoms with E-state index < -0.39 is 0 Å². The van der Waals surface area contributed by atoms with Crippen molar-refractivity contribution in [2.75, 3.05) is 0 Å². The molecule has 0 spiro atoms. The molecule has 0 aliphatic heterocycles. The second-order valence-electron chi connectivity index (χ2n) is 10.5. The molecule has 5 aromatic rings. The van der Waals surface area contributed by atoms with Gasteiger partial charge < -0.3 is 9.40 Å². The second kappa shape index (κ2) is 9.61. The lowest BCUT2D eigenvalue weighted by Gasteiger charge is -2.19. The van der Waals surface area contributed by atoms with Gasteiger partial charge in [-0.15, -0.1) is 21.5 Å². The lowest BCUT2D eigenvalue weighted by molar-refractivity contribution is 0.485. The van der Waals surface area contributed by atoms with Gasteiger partial charge in [-0.2, -0.15) is 0 Å². The number of aromatic nitrogens is 5. The first-order valence-electron chi connectivity index (χ1n) is 12.6. The molecule has 0 saturated heterocycles. The molecule has 4 heterocycles. The quantitative estimate of drug-likeness (QED) is 0.257.